The van der Waals surface area contributed by atoms with Crippen LogP contribution in [0.2, 0.25) is 0 Å². The molecule has 1 aliphatic heterocycles. The van der Waals surface area contributed by atoms with E-state index in [9.17, 15) is 19.5 Å². The summed E-state index contributed by atoms with van der Waals surface area (Å²) in [6.45, 7) is 4.05. The Hall–Kier alpha value is -4.68. The standard InChI is InChI=1S/C35H33BrN2O8S/c1-5-8-25-30(34(42)45-6-2)31(24-18-23(36)12-14-26(24)43-3)38-32(39)29(47-35(38)37-25)17-20-11-13-27(28(16-20)44-4)46-19-21-9-7-10-22(15-21)33(40)41/h7,9-18,31H,5-6,8,19H2,1-4H3,(H,40,41)/b29-17+/t31-/m0/s1. The molecule has 5 rings (SSSR count). The summed E-state index contributed by atoms with van der Waals surface area (Å²) in [5, 5.41) is 9.28. The maximum atomic E-state index is 14.2. The number of carbonyl (C=O) groups excluding carboxylic acids is 1. The largest absolute Gasteiger partial charge is 0.496 e. The number of ether oxygens (including phenoxy) is 4. The third kappa shape index (κ3) is 7.18. The molecular weight excluding hydrogens is 688 g/mol. The number of carboxylic acid groups (broad SMARTS) is 1. The molecule has 10 nitrogen and oxygen atoms in total. The highest BCUT2D eigenvalue weighted by Gasteiger charge is 2.36. The van der Waals surface area contributed by atoms with Gasteiger partial charge in [-0.1, -0.05) is 58.8 Å². The molecule has 3 aromatic carbocycles. The molecule has 0 unspecified atom stereocenters. The van der Waals surface area contributed by atoms with Crippen molar-refractivity contribution in [1.29, 1.82) is 0 Å². The van der Waals surface area contributed by atoms with E-state index in [0.717, 1.165) is 10.9 Å². The van der Waals surface area contributed by atoms with Crippen LogP contribution in [0.1, 0.15) is 59.8 Å². The summed E-state index contributed by atoms with van der Waals surface area (Å²) in [5.41, 5.74) is 2.73. The highest BCUT2D eigenvalue weighted by Crippen LogP contribution is 2.38. The Balaban J connectivity index is 1.59. The minimum Gasteiger partial charge on any atom is -0.496 e. The number of esters is 1. The Bertz CT molecular complexity index is 2050. The van der Waals surface area contributed by atoms with Crippen LogP contribution in [0.3, 0.4) is 0 Å². The second kappa shape index (κ2) is 14.8. The summed E-state index contributed by atoms with van der Waals surface area (Å²) < 4.78 is 25.4. The van der Waals surface area contributed by atoms with Crippen molar-refractivity contribution in [3.63, 3.8) is 0 Å². The van der Waals surface area contributed by atoms with E-state index in [1.165, 1.54) is 29.1 Å². The zero-order valence-electron chi connectivity index (χ0n) is 26.2. The lowest BCUT2D eigenvalue weighted by Crippen LogP contribution is -2.40. The van der Waals surface area contributed by atoms with E-state index in [-0.39, 0.29) is 24.3 Å². The lowest BCUT2D eigenvalue weighted by atomic mass is 9.93. The summed E-state index contributed by atoms with van der Waals surface area (Å²) in [5.74, 6) is -0.136. The first-order valence-electron chi connectivity index (χ1n) is 14.9. The van der Waals surface area contributed by atoms with Crippen LogP contribution in [0, 0.1) is 0 Å². The summed E-state index contributed by atoms with van der Waals surface area (Å²) in [6.07, 6.45) is 3.00. The maximum Gasteiger partial charge on any atom is 0.338 e. The van der Waals surface area contributed by atoms with E-state index < -0.39 is 18.0 Å². The molecule has 0 bridgehead atoms. The van der Waals surface area contributed by atoms with Gasteiger partial charge in [0, 0.05) is 10.0 Å². The number of aromatic carboxylic acids is 1. The molecular formula is C35H33BrN2O8S. The second-order valence-corrected chi connectivity index (χ2v) is 12.4. The van der Waals surface area contributed by atoms with Crippen LogP contribution in [0.5, 0.6) is 17.2 Å². The first-order valence-corrected chi connectivity index (χ1v) is 16.5. The number of nitrogens with zero attached hydrogens (tertiary/aromatic N) is 2. The zero-order valence-corrected chi connectivity index (χ0v) is 28.6. The van der Waals surface area contributed by atoms with Crippen molar-refractivity contribution in [2.45, 2.75) is 39.3 Å². The van der Waals surface area contributed by atoms with Gasteiger partial charge in [0.2, 0.25) is 0 Å². The SMILES string of the molecule is CCCC1=C(C(=O)OCC)[C@H](c2cc(Br)ccc2OC)n2c(s/c(=C/c3ccc(OCc4cccc(C(=O)O)c4)c(OC)c3)c2=O)=N1. The van der Waals surface area contributed by atoms with Crippen LogP contribution in [-0.2, 0) is 16.1 Å². The molecule has 0 amide bonds. The monoisotopic (exact) mass is 720 g/mol. The number of hydrogen-bond acceptors (Lipinski definition) is 9. The molecule has 0 aliphatic carbocycles. The van der Waals surface area contributed by atoms with Crippen LogP contribution in [0.4, 0.5) is 0 Å². The smallest absolute Gasteiger partial charge is 0.338 e. The Labute approximate surface area is 283 Å². The lowest BCUT2D eigenvalue weighted by molar-refractivity contribution is -0.139. The molecule has 0 spiro atoms. The van der Waals surface area contributed by atoms with E-state index in [1.807, 2.05) is 19.1 Å². The third-order valence-corrected chi connectivity index (χ3v) is 8.91. The number of rotatable bonds is 12. The maximum absolute atomic E-state index is 14.2. The van der Waals surface area contributed by atoms with Gasteiger partial charge in [-0.3, -0.25) is 9.36 Å². The Morgan fingerprint density at radius 1 is 1.02 bits per heavy atom. The number of fused-ring (bicyclic) bond motifs is 1. The van der Waals surface area contributed by atoms with Gasteiger partial charge in [0.1, 0.15) is 18.4 Å². The van der Waals surface area contributed by atoms with Crippen LogP contribution >= 0.6 is 27.3 Å². The number of halogens is 1. The first-order chi connectivity index (χ1) is 22.7. The molecule has 4 aromatic rings. The first kappa shape index (κ1) is 33.7. The van der Waals surface area contributed by atoms with E-state index in [1.54, 1.807) is 62.6 Å². The number of hydrogen-bond donors (Lipinski definition) is 1. The minimum atomic E-state index is -1.01. The summed E-state index contributed by atoms with van der Waals surface area (Å²) in [6, 6.07) is 16.4. The Kier molecular flexibility index (Phi) is 10.6. The van der Waals surface area contributed by atoms with Crippen molar-refractivity contribution in [3.8, 4) is 17.2 Å². The average Bonchev–Trinajstić information content (AvgIpc) is 3.37. The predicted molar refractivity (Wildman–Crippen MR) is 181 cm³/mol. The number of aromatic nitrogens is 1. The highest BCUT2D eigenvalue weighted by molar-refractivity contribution is 9.10. The van der Waals surface area contributed by atoms with E-state index in [2.05, 4.69) is 15.9 Å². The molecule has 1 aliphatic rings. The van der Waals surface area contributed by atoms with Gasteiger partial charge in [0.15, 0.2) is 16.3 Å². The van der Waals surface area contributed by atoms with Crippen LogP contribution < -0.4 is 29.1 Å². The van der Waals surface area contributed by atoms with Crippen molar-refractivity contribution in [1.82, 2.24) is 4.57 Å². The number of benzene rings is 3. The number of carboxylic acids is 1. The molecule has 0 fully saturated rings. The molecule has 2 heterocycles. The zero-order chi connectivity index (χ0) is 33.7. The molecule has 244 valence electrons. The van der Waals surface area contributed by atoms with Gasteiger partial charge in [-0.25, -0.2) is 14.6 Å². The fourth-order valence-electron chi connectivity index (χ4n) is 5.33. The quantitative estimate of drug-likeness (QED) is 0.187. The lowest BCUT2D eigenvalue weighted by Gasteiger charge is -2.27. The highest BCUT2D eigenvalue weighted by atomic mass is 79.9. The molecule has 1 N–H and O–H groups in total. The molecule has 0 saturated carbocycles. The van der Waals surface area contributed by atoms with E-state index in [0.29, 0.717) is 61.0 Å². The van der Waals surface area contributed by atoms with Crippen molar-refractivity contribution in [2.75, 3.05) is 20.8 Å². The van der Waals surface area contributed by atoms with Gasteiger partial charge in [0.05, 0.1) is 42.2 Å². The molecule has 0 saturated heterocycles. The molecule has 0 radical (unpaired) electrons. The fraction of sp³-hybridized carbons (Fsp3) is 0.257. The van der Waals surface area contributed by atoms with Crippen molar-refractivity contribution < 1.29 is 33.6 Å². The third-order valence-electron chi connectivity index (χ3n) is 7.43. The van der Waals surface area contributed by atoms with Gasteiger partial charge in [0.25, 0.3) is 5.56 Å². The number of carbonyl (C=O) groups is 2. The average molecular weight is 722 g/mol. The van der Waals surface area contributed by atoms with Crippen LogP contribution in [0.15, 0.2) is 86.2 Å². The Morgan fingerprint density at radius 2 is 1.79 bits per heavy atom. The number of thiazole rings is 1. The molecule has 1 aromatic heterocycles. The van der Waals surface area contributed by atoms with Crippen molar-refractivity contribution in [2.24, 2.45) is 4.99 Å². The summed E-state index contributed by atoms with van der Waals surface area (Å²) in [4.78, 5) is 44.3. The second-order valence-electron chi connectivity index (χ2n) is 10.5. The fourth-order valence-corrected chi connectivity index (χ4v) is 6.73. The minimum absolute atomic E-state index is 0.136. The van der Waals surface area contributed by atoms with Gasteiger partial charge in [-0.05, 0) is 73.0 Å². The van der Waals surface area contributed by atoms with Gasteiger partial charge >= 0.3 is 11.9 Å². The van der Waals surface area contributed by atoms with Gasteiger partial charge in [-0.2, -0.15) is 0 Å². The van der Waals surface area contributed by atoms with E-state index >= 15 is 0 Å². The molecule has 1 atom stereocenters. The summed E-state index contributed by atoms with van der Waals surface area (Å²) in [7, 11) is 3.06. The molecule has 47 heavy (non-hydrogen) atoms. The number of allylic oxidation sites excluding steroid dienone is 1. The molecule has 12 heteroatoms. The van der Waals surface area contributed by atoms with E-state index in [4.69, 9.17) is 23.9 Å². The summed E-state index contributed by atoms with van der Waals surface area (Å²) >= 11 is 4.77. The van der Waals surface area contributed by atoms with Gasteiger partial charge in [-0.15, -0.1) is 0 Å². The van der Waals surface area contributed by atoms with Crippen molar-refractivity contribution >= 4 is 45.3 Å². The van der Waals surface area contributed by atoms with Crippen molar-refractivity contribution in [3.05, 3.63) is 118 Å². The van der Waals surface area contributed by atoms with Crippen LogP contribution in [-0.4, -0.2) is 42.4 Å². The van der Waals surface area contributed by atoms with Gasteiger partial charge < -0.3 is 24.1 Å². The topological polar surface area (TPSA) is 126 Å². The normalized spacial score (nSPS) is 14.3. The van der Waals surface area contributed by atoms with Crippen LogP contribution in [0.25, 0.3) is 6.08 Å². The number of methoxy groups -OCH3 is 2. The Morgan fingerprint density at radius 3 is 2.49 bits per heavy atom. The predicted octanol–water partition coefficient (Wildman–Crippen LogP) is 5.64.